The SMILES string of the molecule is O=S(=O)(NCc1ccccc1-n1cccn1)c1cnc[nH]1. The van der Waals surface area contributed by atoms with Crippen LogP contribution in [0.4, 0.5) is 0 Å². The van der Waals surface area contributed by atoms with Gasteiger partial charge in [0.05, 0.1) is 18.2 Å². The molecule has 8 heteroatoms. The molecule has 0 aliphatic carbocycles. The second kappa shape index (κ2) is 5.51. The Hall–Kier alpha value is -2.45. The second-order valence-electron chi connectivity index (χ2n) is 4.32. The molecule has 0 saturated heterocycles. The Labute approximate surface area is 121 Å². The van der Waals surface area contributed by atoms with E-state index < -0.39 is 10.0 Å². The molecule has 21 heavy (non-hydrogen) atoms. The third kappa shape index (κ3) is 2.86. The minimum atomic E-state index is -3.60. The number of para-hydroxylation sites is 1. The van der Waals surface area contributed by atoms with E-state index in [0.29, 0.717) is 0 Å². The summed E-state index contributed by atoms with van der Waals surface area (Å²) in [4.78, 5) is 6.29. The maximum atomic E-state index is 12.1. The summed E-state index contributed by atoms with van der Waals surface area (Å²) >= 11 is 0. The summed E-state index contributed by atoms with van der Waals surface area (Å²) < 4.78 is 28.4. The van der Waals surface area contributed by atoms with E-state index in [-0.39, 0.29) is 11.6 Å². The number of nitrogens with zero attached hydrogens (tertiary/aromatic N) is 3. The molecule has 0 radical (unpaired) electrons. The highest BCUT2D eigenvalue weighted by molar-refractivity contribution is 7.89. The van der Waals surface area contributed by atoms with Crippen LogP contribution < -0.4 is 4.72 Å². The molecule has 1 aromatic carbocycles. The Bertz CT molecular complexity index is 810. The molecule has 0 spiro atoms. The van der Waals surface area contributed by atoms with E-state index in [2.05, 4.69) is 19.8 Å². The van der Waals surface area contributed by atoms with Crippen LogP contribution in [-0.4, -0.2) is 28.2 Å². The lowest BCUT2D eigenvalue weighted by molar-refractivity contribution is 0.578. The van der Waals surface area contributed by atoms with Crippen molar-refractivity contribution >= 4 is 10.0 Å². The summed E-state index contributed by atoms with van der Waals surface area (Å²) in [6.07, 6.45) is 6.07. The lowest BCUT2D eigenvalue weighted by Gasteiger charge is -2.10. The predicted octanol–water partition coefficient (Wildman–Crippen LogP) is 1.07. The Balaban J connectivity index is 1.84. The number of rotatable bonds is 5. The van der Waals surface area contributed by atoms with Gasteiger partial charge in [0, 0.05) is 18.9 Å². The van der Waals surface area contributed by atoms with Gasteiger partial charge in [-0.25, -0.2) is 22.8 Å². The molecule has 0 aliphatic heterocycles. The molecule has 3 aromatic rings. The molecular formula is C13H13N5O2S. The fraction of sp³-hybridized carbons (Fsp3) is 0.0769. The number of benzene rings is 1. The maximum Gasteiger partial charge on any atom is 0.257 e. The number of sulfonamides is 1. The van der Waals surface area contributed by atoms with Crippen LogP contribution in [0.2, 0.25) is 0 Å². The Kier molecular flexibility index (Phi) is 3.55. The van der Waals surface area contributed by atoms with Crippen molar-refractivity contribution in [1.29, 1.82) is 0 Å². The molecule has 2 aromatic heterocycles. The highest BCUT2D eigenvalue weighted by atomic mass is 32.2. The third-order valence-corrected chi connectivity index (χ3v) is 4.28. The zero-order valence-corrected chi connectivity index (χ0v) is 11.8. The van der Waals surface area contributed by atoms with Crippen LogP contribution in [0.3, 0.4) is 0 Å². The van der Waals surface area contributed by atoms with E-state index >= 15 is 0 Å². The molecular weight excluding hydrogens is 290 g/mol. The molecule has 0 saturated carbocycles. The third-order valence-electron chi connectivity index (χ3n) is 2.96. The number of hydrogen-bond acceptors (Lipinski definition) is 4. The lowest BCUT2D eigenvalue weighted by atomic mass is 10.2. The van der Waals surface area contributed by atoms with E-state index in [9.17, 15) is 8.42 Å². The number of aromatic amines is 1. The van der Waals surface area contributed by atoms with Gasteiger partial charge < -0.3 is 4.98 Å². The van der Waals surface area contributed by atoms with Gasteiger partial charge in [-0.05, 0) is 17.7 Å². The normalized spacial score (nSPS) is 11.6. The summed E-state index contributed by atoms with van der Waals surface area (Å²) in [7, 11) is -3.60. The Morgan fingerprint density at radius 3 is 2.81 bits per heavy atom. The van der Waals surface area contributed by atoms with Crippen molar-refractivity contribution in [2.45, 2.75) is 11.6 Å². The Morgan fingerprint density at radius 1 is 1.24 bits per heavy atom. The van der Waals surface area contributed by atoms with Gasteiger partial charge in [-0.1, -0.05) is 18.2 Å². The topological polar surface area (TPSA) is 92.7 Å². The average Bonchev–Trinajstić information content (AvgIpc) is 3.18. The number of imidazole rings is 1. The molecule has 0 bridgehead atoms. The molecule has 0 atom stereocenters. The summed E-state index contributed by atoms with van der Waals surface area (Å²) in [5, 5.41) is 4.21. The van der Waals surface area contributed by atoms with Gasteiger partial charge in [0.1, 0.15) is 0 Å². The maximum absolute atomic E-state index is 12.1. The molecule has 7 nitrogen and oxygen atoms in total. The molecule has 2 N–H and O–H groups in total. The zero-order chi connectivity index (χ0) is 14.7. The minimum absolute atomic E-state index is 0.0408. The van der Waals surface area contributed by atoms with Gasteiger partial charge in [0.2, 0.25) is 0 Å². The van der Waals surface area contributed by atoms with Gasteiger partial charge in [-0.2, -0.15) is 5.10 Å². The van der Waals surface area contributed by atoms with Crippen LogP contribution >= 0.6 is 0 Å². The van der Waals surface area contributed by atoms with E-state index in [1.54, 1.807) is 10.9 Å². The Morgan fingerprint density at radius 2 is 2.10 bits per heavy atom. The lowest BCUT2D eigenvalue weighted by Crippen LogP contribution is -2.24. The summed E-state index contributed by atoms with van der Waals surface area (Å²) in [5.41, 5.74) is 1.65. The first-order valence-electron chi connectivity index (χ1n) is 6.23. The first-order chi connectivity index (χ1) is 10.2. The summed E-state index contributed by atoms with van der Waals surface area (Å²) in [6.45, 7) is 0.164. The van der Waals surface area contributed by atoms with E-state index in [4.69, 9.17) is 0 Å². The second-order valence-corrected chi connectivity index (χ2v) is 6.06. The predicted molar refractivity (Wildman–Crippen MR) is 76.2 cm³/mol. The average molecular weight is 303 g/mol. The van der Waals surface area contributed by atoms with Crippen molar-refractivity contribution in [3.63, 3.8) is 0 Å². The fourth-order valence-corrected chi connectivity index (χ4v) is 2.84. The van der Waals surface area contributed by atoms with Gasteiger partial charge in [0.15, 0.2) is 5.03 Å². The van der Waals surface area contributed by atoms with Crippen molar-refractivity contribution in [2.75, 3.05) is 0 Å². The summed E-state index contributed by atoms with van der Waals surface area (Å²) in [5.74, 6) is 0. The van der Waals surface area contributed by atoms with E-state index in [1.807, 2.05) is 36.5 Å². The monoisotopic (exact) mass is 303 g/mol. The van der Waals surface area contributed by atoms with Gasteiger partial charge in [0.25, 0.3) is 10.0 Å². The quantitative estimate of drug-likeness (QED) is 0.737. The molecule has 3 rings (SSSR count). The van der Waals surface area contributed by atoms with Crippen molar-refractivity contribution in [1.82, 2.24) is 24.5 Å². The number of aromatic nitrogens is 4. The first kappa shape index (κ1) is 13.5. The van der Waals surface area contributed by atoms with Gasteiger partial charge in [-0.15, -0.1) is 0 Å². The summed E-state index contributed by atoms with van der Waals surface area (Å²) in [6, 6.07) is 9.28. The van der Waals surface area contributed by atoms with Crippen LogP contribution in [0.15, 0.2) is 60.3 Å². The number of H-pyrrole nitrogens is 1. The molecule has 0 fully saturated rings. The smallest absolute Gasteiger partial charge is 0.257 e. The first-order valence-corrected chi connectivity index (χ1v) is 7.71. The highest BCUT2D eigenvalue weighted by Gasteiger charge is 2.16. The van der Waals surface area contributed by atoms with Crippen molar-refractivity contribution in [2.24, 2.45) is 0 Å². The van der Waals surface area contributed by atoms with Crippen molar-refractivity contribution in [3.05, 3.63) is 60.8 Å². The molecule has 2 heterocycles. The fourth-order valence-electron chi connectivity index (χ4n) is 1.94. The number of nitrogens with one attached hydrogen (secondary N) is 2. The zero-order valence-electron chi connectivity index (χ0n) is 11.0. The largest absolute Gasteiger partial charge is 0.335 e. The standard InChI is InChI=1S/C13H13N5O2S/c19-21(20,13-9-14-10-15-13)17-8-11-4-1-2-5-12(11)18-7-3-6-16-18/h1-7,9-10,17H,8H2,(H,14,15). The van der Waals surface area contributed by atoms with Crippen LogP contribution in [0, 0.1) is 0 Å². The van der Waals surface area contributed by atoms with Crippen LogP contribution in [-0.2, 0) is 16.6 Å². The van der Waals surface area contributed by atoms with E-state index in [1.165, 1.54) is 12.5 Å². The van der Waals surface area contributed by atoms with Crippen LogP contribution in [0.5, 0.6) is 0 Å². The van der Waals surface area contributed by atoms with Gasteiger partial charge >= 0.3 is 0 Å². The van der Waals surface area contributed by atoms with Crippen molar-refractivity contribution < 1.29 is 8.42 Å². The molecule has 0 aliphatic rings. The van der Waals surface area contributed by atoms with Gasteiger partial charge in [-0.3, -0.25) is 0 Å². The molecule has 0 amide bonds. The van der Waals surface area contributed by atoms with Crippen LogP contribution in [0.1, 0.15) is 5.56 Å². The van der Waals surface area contributed by atoms with Crippen molar-refractivity contribution in [3.8, 4) is 5.69 Å². The number of hydrogen-bond donors (Lipinski definition) is 2. The molecule has 0 unspecified atom stereocenters. The highest BCUT2D eigenvalue weighted by Crippen LogP contribution is 2.14. The van der Waals surface area contributed by atoms with Crippen LogP contribution in [0.25, 0.3) is 5.69 Å². The molecule has 108 valence electrons. The van der Waals surface area contributed by atoms with E-state index in [0.717, 1.165) is 11.3 Å². The minimum Gasteiger partial charge on any atom is -0.335 e.